The van der Waals surface area contributed by atoms with Gasteiger partial charge in [-0.25, -0.2) is 23.0 Å². The molecule has 2 unspecified atom stereocenters. The van der Waals surface area contributed by atoms with Gasteiger partial charge in [-0.05, 0) is 54.8 Å². The monoisotopic (exact) mass is 531 g/mol. The third-order valence-corrected chi connectivity index (χ3v) is 7.58. The maximum absolute atomic E-state index is 14.6. The predicted molar refractivity (Wildman–Crippen MR) is 129 cm³/mol. The second kappa shape index (κ2) is 9.39. The predicted octanol–water partition coefficient (Wildman–Crippen LogP) is 4.45. The Bertz CT molecular complexity index is 1400. The van der Waals surface area contributed by atoms with Crippen LogP contribution in [0.15, 0.2) is 41.6 Å². The van der Waals surface area contributed by atoms with Crippen LogP contribution in [0.4, 0.5) is 17.6 Å². The van der Waals surface area contributed by atoms with Crippen molar-refractivity contribution in [1.29, 1.82) is 5.26 Å². The number of allylic oxidation sites excluding steroid dienone is 1. The van der Waals surface area contributed by atoms with Crippen molar-refractivity contribution in [3.05, 3.63) is 86.6 Å². The zero-order valence-corrected chi connectivity index (χ0v) is 20.6. The van der Waals surface area contributed by atoms with Crippen LogP contribution in [-0.4, -0.2) is 48.0 Å². The first-order chi connectivity index (χ1) is 17.6. The number of fused-ring (bicyclic) bond motifs is 1. The third-order valence-electron chi connectivity index (χ3n) is 7.16. The van der Waals surface area contributed by atoms with Crippen molar-refractivity contribution in [3.63, 3.8) is 0 Å². The Morgan fingerprint density at radius 3 is 2.51 bits per heavy atom. The van der Waals surface area contributed by atoms with Gasteiger partial charge in [-0.1, -0.05) is 11.6 Å². The summed E-state index contributed by atoms with van der Waals surface area (Å²) in [5.41, 5.74) is 5.52. The van der Waals surface area contributed by atoms with Gasteiger partial charge in [-0.2, -0.15) is 5.26 Å². The van der Waals surface area contributed by atoms with E-state index in [1.165, 1.54) is 6.07 Å². The summed E-state index contributed by atoms with van der Waals surface area (Å²) in [5, 5.41) is 13.7. The number of piperidine rings is 1. The molecule has 5 rings (SSSR count). The van der Waals surface area contributed by atoms with Crippen molar-refractivity contribution < 1.29 is 22.4 Å². The standard InChI is InChI=1S/C26H22ClF4N5O/c1-12-24-17(25(35(2)34-24)13-6-20(29)23(31)21(30)7-13)3-4-36(12)26(37)19-9-15(28)8-18(22(19)27)14-5-16(10-32)33-11-14/h5-9,12,14,24,33-34H,3-4,11H2,1-2H3/t12-,14?,24?/m0/s1. The number of nitrogens with one attached hydrogen (secondary N) is 2. The van der Waals surface area contributed by atoms with Gasteiger partial charge in [-0.3, -0.25) is 4.79 Å². The Kier molecular flexibility index (Phi) is 6.38. The Morgan fingerprint density at radius 2 is 1.86 bits per heavy atom. The summed E-state index contributed by atoms with van der Waals surface area (Å²) >= 11 is 6.60. The number of hydrogen-bond donors (Lipinski definition) is 2. The lowest BCUT2D eigenvalue weighted by atomic mass is 9.89. The lowest BCUT2D eigenvalue weighted by molar-refractivity contribution is 0.0618. The zero-order chi connectivity index (χ0) is 26.6. The quantitative estimate of drug-likeness (QED) is 0.452. The molecule has 192 valence electrons. The molecule has 1 fully saturated rings. The van der Waals surface area contributed by atoms with Crippen molar-refractivity contribution in [2.24, 2.45) is 0 Å². The SMILES string of the molecule is C[C@H]1C2NN(C)C(c3cc(F)c(F)c(F)c3)=C2CCN1C(=O)c1cc(F)cc(C2C=C(C#N)NC2)c1Cl. The van der Waals surface area contributed by atoms with Crippen LogP contribution in [0.3, 0.4) is 0 Å². The van der Waals surface area contributed by atoms with E-state index in [1.54, 1.807) is 23.0 Å². The van der Waals surface area contributed by atoms with E-state index in [4.69, 9.17) is 16.9 Å². The maximum atomic E-state index is 14.6. The number of halogens is 5. The van der Waals surface area contributed by atoms with Gasteiger partial charge < -0.3 is 15.2 Å². The average molecular weight is 532 g/mol. The topological polar surface area (TPSA) is 71.4 Å². The van der Waals surface area contributed by atoms with E-state index in [1.807, 2.05) is 13.0 Å². The first kappa shape index (κ1) is 25.1. The van der Waals surface area contributed by atoms with Gasteiger partial charge in [0.1, 0.15) is 17.6 Å². The van der Waals surface area contributed by atoms with Gasteiger partial charge >= 0.3 is 0 Å². The van der Waals surface area contributed by atoms with E-state index < -0.39 is 35.2 Å². The molecule has 0 aromatic heterocycles. The molecule has 0 spiro atoms. The number of amides is 1. The number of carbonyl (C=O) groups is 1. The van der Waals surface area contributed by atoms with E-state index in [2.05, 4.69) is 10.7 Å². The number of rotatable bonds is 3. The van der Waals surface area contributed by atoms with Gasteiger partial charge in [-0.15, -0.1) is 0 Å². The minimum atomic E-state index is -1.53. The number of hydrazine groups is 1. The average Bonchev–Trinajstić information content (AvgIpc) is 3.47. The molecule has 2 aromatic carbocycles. The highest BCUT2D eigenvalue weighted by Crippen LogP contribution is 2.39. The smallest absolute Gasteiger partial charge is 0.255 e. The van der Waals surface area contributed by atoms with Crippen LogP contribution >= 0.6 is 11.6 Å². The molecule has 0 aliphatic carbocycles. The molecule has 0 bridgehead atoms. The summed E-state index contributed by atoms with van der Waals surface area (Å²) in [6, 6.07) is 5.46. The van der Waals surface area contributed by atoms with Gasteiger partial charge in [0, 0.05) is 31.6 Å². The van der Waals surface area contributed by atoms with Crippen LogP contribution in [0.5, 0.6) is 0 Å². The van der Waals surface area contributed by atoms with Gasteiger partial charge in [0.25, 0.3) is 5.91 Å². The molecule has 1 amide bonds. The molecular formula is C26H22ClF4N5O. The zero-order valence-electron chi connectivity index (χ0n) is 19.9. The number of nitrogens with zero attached hydrogens (tertiary/aromatic N) is 3. The van der Waals surface area contributed by atoms with Gasteiger partial charge in [0.15, 0.2) is 17.5 Å². The van der Waals surface area contributed by atoms with E-state index >= 15 is 0 Å². The van der Waals surface area contributed by atoms with Crippen molar-refractivity contribution in [1.82, 2.24) is 20.7 Å². The molecule has 2 aromatic rings. The summed E-state index contributed by atoms with van der Waals surface area (Å²) in [5.74, 6) is -5.54. The van der Waals surface area contributed by atoms with Crippen molar-refractivity contribution in [2.45, 2.75) is 31.3 Å². The van der Waals surface area contributed by atoms with Crippen LogP contribution in [0.1, 0.15) is 40.7 Å². The van der Waals surface area contributed by atoms with Crippen molar-refractivity contribution in [3.8, 4) is 6.07 Å². The Morgan fingerprint density at radius 1 is 1.16 bits per heavy atom. The number of hydrogen-bond acceptors (Lipinski definition) is 5. The fourth-order valence-electron chi connectivity index (χ4n) is 5.37. The molecule has 37 heavy (non-hydrogen) atoms. The van der Waals surface area contributed by atoms with Crippen molar-refractivity contribution in [2.75, 3.05) is 20.1 Å². The summed E-state index contributed by atoms with van der Waals surface area (Å²) < 4.78 is 56.0. The number of carbonyl (C=O) groups excluding carboxylic acids is 1. The van der Waals surface area contributed by atoms with Gasteiger partial charge in [0.05, 0.1) is 28.4 Å². The fourth-order valence-corrected chi connectivity index (χ4v) is 5.71. The minimum Gasteiger partial charge on any atom is -0.376 e. The number of likely N-dealkylation sites (tertiary alicyclic amines) is 1. The third kappa shape index (κ3) is 4.22. The molecule has 11 heteroatoms. The fraction of sp³-hybridized carbons (Fsp3) is 0.308. The number of nitriles is 1. The molecule has 0 saturated carbocycles. The first-order valence-corrected chi connectivity index (χ1v) is 12.0. The summed E-state index contributed by atoms with van der Waals surface area (Å²) in [6.07, 6.45) is 2.02. The molecule has 3 aliphatic rings. The Hall–Kier alpha value is -3.55. The maximum Gasteiger partial charge on any atom is 0.255 e. The normalized spacial score (nSPS) is 23.1. The van der Waals surface area contributed by atoms with E-state index in [9.17, 15) is 22.4 Å². The second-order valence-corrected chi connectivity index (χ2v) is 9.70. The molecule has 3 aliphatic heterocycles. The first-order valence-electron chi connectivity index (χ1n) is 11.6. The molecule has 1 saturated heterocycles. The van der Waals surface area contributed by atoms with Crippen LogP contribution in [0.2, 0.25) is 5.02 Å². The number of benzene rings is 2. The Labute approximate surface area is 215 Å². The highest BCUT2D eigenvalue weighted by molar-refractivity contribution is 6.34. The molecule has 0 radical (unpaired) electrons. The molecule has 6 nitrogen and oxygen atoms in total. The van der Waals surface area contributed by atoms with Crippen molar-refractivity contribution >= 4 is 23.2 Å². The lowest BCUT2D eigenvalue weighted by Crippen LogP contribution is -2.55. The highest BCUT2D eigenvalue weighted by Gasteiger charge is 2.42. The van der Waals surface area contributed by atoms with E-state index in [0.29, 0.717) is 29.9 Å². The largest absolute Gasteiger partial charge is 0.376 e. The molecule has 3 heterocycles. The van der Waals surface area contributed by atoms with Crippen LogP contribution in [0.25, 0.3) is 5.70 Å². The van der Waals surface area contributed by atoms with E-state index in [-0.39, 0.29) is 34.7 Å². The van der Waals surface area contributed by atoms with Crippen LogP contribution in [-0.2, 0) is 0 Å². The molecule has 2 N–H and O–H groups in total. The molecular weight excluding hydrogens is 510 g/mol. The minimum absolute atomic E-state index is 0.0176. The second-order valence-electron chi connectivity index (χ2n) is 9.32. The summed E-state index contributed by atoms with van der Waals surface area (Å²) in [6.45, 7) is 2.43. The van der Waals surface area contributed by atoms with Crippen LogP contribution < -0.4 is 10.7 Å². The summed E-state index contributed by atoms with van der Waals surface area (Å²) in [4.78, 5) is 15.2. The Balaban J connectivity index is 1.46. The molecule has 3 atom stereocenters. The highest BCUT2D eigenvalue weighted by atomic mass is 35.5. The van der Waals surface area contributed by atoms with Crippen LogP contribution in [0, 0.1) is 34.6 Å². The van der Waals surface area contributed by atoms with E-state index in [0.717, 1.165) is 23.8 Å². The summed E-state index contributed by atoms with van der Waals surface area (Å²) in [7, 11) is 1.67. The lowest BCUT2D eigenvalue weighted by Gasteiger charge is -2.39. The van der Waals surface area contributed by atoms with Gasteiger partial charge in [0.2, 0.25) is 0 Å².